The van der Waals surface area contributed by atoms with Gasteiger partial charge in [0.2, 0.25) is 11.8 Å². The molecule has 1 aromatic carbocycles. The summed E-state index contributed by atoms with van der Waals surface area (Å²) < 4.78 is 5.38. The Kier molecular flexibility index (Phi) is 5.84. The van der Waals surface area contributed by atoms with E-state index in [1.807, 2.05) is 26.8 Å². The Bertz CT molecular complexity index is 769. The van der Waals surface area contributed by atoms with Crippen LogP contribution in [0.15, 0.2) is 24.3 Å². The molecule has 0 aliphatic carbocycles. The smallest absolute Gasteiger partial charge is 0.410 e. The molecule has 0 radical (unpaired) electrons. The Hall–Kier alpha value is -2.28. The van der Waals surface area contributed by atoms with Gasteiger partial charge in [-0.25, -0.2) is 4.79 Å². The van der Waals surface area contributed by atoms with E-state index in [4.69, 9.17) is 16.3 Å². The van der Waals surface area contributed by atoms with Crippen LogP contribution in [0.4, 0.5) is 10.5 Å². The molecule has 1 aromatic rings. The third-order valence-corrected chi connectivity index (χ3v) is 5.18. The zero-order valence-corrected chi connectivity index (χ0v) is 17.2. The number of carbonyl (C=O) groups is 3. The van der Waals surface area contributed by atoms with Gasteiger partial charge < -0.3 is 19.4 Å². The Balaban J connectivity index is 1.57. The van der Waals surface area contributed by atoms with E-state index in [0.717, 1.165) is 0 Å². The number of amides is 3. The fourth-order valence-electron chi connectivity index (χ4n) is 3.47. The number of hydrogen-bond acceptors (Lipinski definition) is 4. The van der Waals surface area contributed by atoms with Crippen LogP contribution in [0.3, 0.4) is 0 Å². The molecule has 0 spiro atoms. The number of anilines is 1. The molecular formula is C20H26ClN3O4. The molecule has 0 aromatic heterocycles. The molecule has 0 N–H and O–H groups in total. The second-order valence-corrected chi connectivity index (χ2v) is 8.56. The van der Waals surface area contributed by atoms with Crippen LogP contribution in [-0.4, -0.2) is 66.0 Å². The summed E-state index contributed by atoms with van der Waals surface area (Å²) in [6, 6.07) is 7.14. The summed E-state index contributed by atoms with van der Waals surface area (Å²) in [6.45, 7) is 7.54. The van der Waals surface area contributed by atoms with Crippen LogP contribution in [0.5, 0.6) is 0 Å². The highest BCUT2D eigenvalue weighted by Crippen LogP contribution is 2.31. The van der Waals surface area contributed by atoms with E-state index >= 15 is 0 Å². The fraction of sp³-hybridized carbons (Fsp3) is 0.550. The largest absolute Gasteiger partial charge is 0.444 e. The quantitative estimate of drug-likeness (QED) is 0.755. The molecule has 28 heavy (non-hydrogen) atoms. The van der Waals surface area contributed by atoms with Crippen LogP contribution in [0.2, 0.25) is 5.02 Å². The molecule has 0 saturated carbocycles. The zero-order valence-electron chi connectivity index (χ0n) is 16.5. The number of benzene rings is 1. The molecular weight excluding hydrogens is 382 g/mol. The maximum atomic E-state index is 12.9. The lowest BCUT2D eigenvalue weighted by molar-refractivity contribution is -0.137. The topological polar surface area (TPSA) is 70.2 Å². The second kappa shape index (κ2) is 7.99. The normalized spacial score (nSPS) is 20.5. The first-order chi connectivity index (χ1) is 13.2. The number of nitrogens with zero attached hydrogens (tertiary/aromatic N) is 3. The summed E-state index contributed by atoms with van der Waals surface area (Å²) in [7, 11) is 0. The van der Waals surface area contributed by atoms with E-state index in [-0.39, 0.29) is 24.3 Å². The van der Waals surface area contributed by atoms with Crippen LogP contribution in [0, 0.1) is 5.92 Å². The Morgan fingerprint density at radius 2 is 1.68 bits per heavy atom. The van der Waals surface area contributed by atoms with Crippen molar-refractivity contribution in [2.45, 2.75) is 32.8 Å². The van der Waals surface area contributed by atoms with Gasteiger partial charge in [0, 0.05) is 39.1 Å². The summed E-state index contributed by atoms with van der Waals surface area (Å²) in [4.78, 5) is 42.4. The number of halogens is 1. The van der Waals surface area contributed by atoms with Crippen molar-refractivity contribution in [3.8, 4) is 0 Å². The summed E-state index contributed by atoms with van der Waals surface area (Å²) in [6.07, 6.45) is -0.184. The van der Waals surface area contributed by atoms with Gasteiger partial charge in [0.05, 0.1) is 16.6 Å². The van der Waals surface area contributed by atoms with Gasteiger partial charge in [-0.15, -0.1) is 0 Å². The SMILES string of the molecule is CC(C)(C)OC(=O)N1CCN(C(=O)[C@@H]2CC(=O)N(c3ccccc3Cl)C2)CC1. The van der Waals surface area contributed by atoms with E-state index in [9.17, 15) is 14.4 Å². The van der Waals surface area contributed by atoms with Crippen LogP contribution >= 0.6 is 11.6 Å². The van der Waals surface area contributed by atoms with Crippen molar-refractivity contribution in [1.29, 1.82) is 0 Å². The molecule has 3 amide bonds. The van der Waals surface area contributed by atoms with E-state index < -0.39 is 11.5 Å². The van der Waals surface area contributed by atoms with Crippen LogP contribution < -0.4 is 4.90 Å². The number of carbonyl (C=O) groups excluding carboxylic acids is 3. The minimum absolute atomic E-state index is 0.0493. The predicted octanol–water partition coefficient (Wildman–Crippen LogP) is 2.77. The van der Waals surface area contributed by atoms with Crippen molar-refractivity contribution in [3.63, 3.8) is 0 Å². The average molecular weight is 408 g/mol. The van der Waals surface area contributed by atoms with E-state index in [1.54, 1.807) is 32.9 Å². The molecule has 152 valence electrons. The van der Waals surface area contributed by atoms with Crippen molar-refractivity contribution < 1.29 is 19.1 Å². The lowest BCUT2D eigenvalue weighted by atomic mass is 10.1. The van der Waals surface area contributed by atoms with Crippen molar-refractivity contribution in [2.75, 3.05) is 37.6 Å². The molecule has 1 atom stereocenters. The first kappa shape index (κ1) is 20.5. The summed E-state index contributed by atoms with van der Waals surface area (Å²) in [5.41, 5.74) is 0.0929. The first-order valence-electron chi connectivity index (χ1n) is 9.47. The van der Waals surface area contributed by atoms with Gasteiger partial charge in [0.1, 0.15) is 5.60 Å². The Labute approximate surface area is 170 Å². The number of para-hydroxylation sites is 1. The van der Waals surface area contributed by atoms with Crippen LogP contribution in [0.1, 0.15) is 27.2 Å². The van der Waals surface area contributed by atoms with E-state index in [2.05, 4.69) is 0 Å². The molecule has 2 fully saturated rings. The third-order valence-electron chi connectivity index (χ3n) is 4.86. The molecule has 8 heteroatoms. The first-order valence-corrected chi connectivity index (χ1v) is 9.85. The summed E-state index contributed by atoms with van der Waals surface area (Å²) >= 11 is 6.20. The number of rotatable bonds is 2. The van der Waals surface area contributed by atoms with Crippen molar-refractivity contribution in [3.05, 3.63) is 29.3 Å². The van der Waals surface area contributed by atoms with Crippen molar-refractivity contribution in [1.82, 2.24) is 9.80 Å². The number of ether oxygens (including phenoxy) is 1. The molecule has 3 rings (SSSR count). The minimum Gasteiger partial charge on any atom is -0.444 e. The highest BCUT2D eigenvalue weighted by molar-refractivity contribution is 6.33. The highest BCUT2D eigenvalue weighted by Gasteiger charge is 2.39. The van der Waals surface area contributed by atoms with Crippen LogP contribution in [0.25, 0.3) is 0 Å². The van der Waals surface area contributed by atoms with Gasteiger partial charge in [0.15, 0.2) is 0 Å². The van der Waals surface area contributed by atoms with E-state index in [0.29, 0.717) is 43.4 Å². The monoisotopic (exact) mass is 407 g/mol. The van der Waals surface area contributed by atoms with Gasteiger partial charge in [-0.2, -0.15) is 0 Å². The van der Waals surface area contributed by atoms with Gasteiger partial charge in [-0.05, 0) is 32.9 Å². The summed E-state index contributed by atoms with van der Waals surface area (Å²) in [5.74, 6) is -0.539. The average Bonchev–Trinajstić information content (AvgIpc) is 3.02. The molecule has 7 nitrogen and oxygen atoms in total. The molecule has 0 unspecified atom stereocenters. The molecule has 2 saturated heterocycles. The highest BCUT2D eigenvalue weighted by atomic mass is 35.5. The minimum atomic E-state index is -0.545. The lowest BCUT2D eigenvalue weighted by Crippen LogP contribution is -2.53. The lowest BCUT2D eigenvalue weighted by Gasteiger charge is -2.36. The van der Waals surface area contributed by atoms with Crippen molar-refractivity contribution >= 4 is 35.2 Å². The second-order valence-electron chi connectivity index (χ2n) is 8.15. The standard InChI is InChI=1S/C20H26ClN3O4/c1-20(2,3)28-19(27)23-10-8-22(9-11-23)18(26)14-12-17(25)24(13-14)16-7-5-4-6-15(16)21/h4-7,14H,8-13H2,1-3H3/t14-/m1/s1. The predicted molar refractivity (Wildman–Crippen MR) is 106 cm³/mol. The molecule has 2 aliphatic heterocycles. The van der Waals surface area contributed by atoms with Gasteiger partial charge in [0.25, 0.3) is 0 Å². The van der Waals surface area contributed by atoms with E-state index in [1.165, 1.54) is 0 Å². The molecule has 2 heterocycles. The Morgan fingerprint density at radius 3 is 2.29 bits per heavy atom. The molecule has 2 aliphatic rings. The zero-order chi connectivity index (χ0) is 20.5. The number of hydrogen-bond donors (Lipinski definition) is 0. The summed E-state index contributed by atoms with van der Waals surface area (Å²) in [5, 5.41) is 0.495. The maximum Gasteiger partial charge on any atom is 0.410 e. The Morgan fingerprint density at radius 1 is 1.07 bits per heavy atom. The maximum absolute atomic E-state index is 12.9. The molecule has 0 bridgehead atoms. The van der Waals surface area contributed by atoms with Gasteiger partial charge >= 0.3 is 6.09 Å². The van der Waals surface area contributed by atoms with Crippen molar-refractivity contribution in [2.24, 2.45) is 5.92 Å². The number of piperazine rings is 1. The van der Waals surface area contributed by atoms with Gasteiger partial charge in [-0.1, -0.05) is 23.7 Å². The van der Waals surface area contributed by atoms with Crippen LogP contribution in [-0.2, 0) is 14.3 Å². The third kappa shape index (κ3) is 4.58. The van der Waals surface area contributed by atoms with Gasteiger partial charge in [-0.3, -0.25) is 9.59 Å². The fourth-order valence-corrected chi connectivity index (χ4v) is 3.71.